The van der Waals surface area contributed by atoms with Gasteiger partial charge in [-0.3, -0.25) is 4.90 Å². The fourth-order valence-corrected chi connectivity index (χ4v) is 4.07. The van der Waals surface area contributed by atoms with Crippen molar-refractivity contribution < 1.29 is 0 Å². The van der Waals surface area contributed by atoms with Crippen molar-refractivity contribution in [2.45, 2.75) is 83.8 Å². The summed E-state index contributed by atoms with van der Waals surface area (Å²) in [6, 6.07) is 0.538. The molecule has 0 radical (unpaired) electrons. The summed E-state index contributed by atoms with van der Waals surface area (Å²) < 4.78 is 2.01. The van der Waals surface area contributed by atoms with Crippen molar-refractivity contribution in [2.75, 3.05) is 19.6 Å². The van der Waals surface area contributed by atoms with E-state index in [2.05, 4.69) is 39.6 Å². The van der Waals surface area contributed by atoms with Crippen molar-refractivity contribution in [3.05, 3.63) is 11.6 Å². The number of guanidine groups is 1. The van der Waals surface area contributed by atoms with Crippen LogP contribution < -0.4 is 10.6 Å². The van der Waals surface area contributed by atoms with Crippen LogP contribution in [-0.2, 0) is 13.6 Å². The average Bonchev–Trinajstić information content (AvgIpc) is 3.29. The first-order valence-corrected chi connectivity index (χ1v) is 10.6. The molecule has 28 heavy (non-hydrogen) atoms. The summed E-state index contributed by atoms with van der Waals surface area (Å²) in [6.07, 6.45) is 9.09. The predicted molar refractivity (Wildman–Crippen MR) is 125 cm³/mol. The molecule has 2 heterocycles. The standard InChI is InChI=1S/C20H37N7.HI/c1-16-24-25-18(26(16)4)14-21-19(23-17-10-6-7-11-17)22-15-20(2,3)27-12-8-5-9-13-27;/h17H,5-15H2,1-4H3,(H2,21,22,23);1H. The van der Waals surface area contributed by atoms with E-state index in [9.17, 15) is 0 Å². The van der Waals surface area contributed by atoms with Gasteiger partial charge < -0.3 is 15.2 Å². The highest BCUT2D eigenvalue weighted by Crippen LogP contribution is 2.20. The van der Waals surface area contributed by atoms with Crippen LogP contribution >= 0.6 is 24.0 Å². The lowest BCUT2D eigenvalue weighted by atomic mass is 9.98. The van der Waals surface area contributed by atoms with Crippen molar-refractivity contribution in [1.82, 2.24) is 30.3 Å². The van der Waals surface area contributed by atoms with Gasteiger partial charge in [-0.2, -0.15) is 0 Å². The summed E-state index contributed by atoms with van der Waals surface area (Å²) in [4.78, 5) is 7.45. The molecule has 0 amide bonds. The Hall–Kier alpha value is -0.900. The van der Waals surface area contributed by atoms with Gasteiger partial charge in [0, 0.05) is 25.2 Å². The monoisotopic (exact) mass is 503 g/mol. The fourth-order valence-electron chi connectivity index (χ4n) is 4.07. The van der Waals surface area contributed by atoms with Crippen LogP contribution in [0.1, 0.15) is 70.4 Å². The van der Waals surface area contributed by atoms with Crippen LogP contribution in [0.3, 0.4) is 0 Å². The Morgan fingerprint density at radius 3 is 2.39 bits per heavy atom. The Balaban J connectivity index is 0.00000280. The second kappa shape index (κ2) is 10.8. The molecule has 2 fully saturated rings. The van der Waals surface area contributed by atoms with Crippen molar-refractivity contribution in [2.24, 2.45) is 12.0 Å². The summed E-state index contributed by atoms with van der Waals surface area (Å²) in [7, 11) is 2.00. The van der Waals surface area contributed by atoms with E-state index in [1.54, 1.807) is 0 Å². The summed E-state index contributed by atoms with van der Waals surface area (Å²) in [5.74, 6) is 2.73. The Bertz CT molecular complexity index is 628. The largest absolute Gasteiger partial charge is 0.355 e. The minimum absolute atomic E-state index is 0. The molecule has 1 aliphatic carbocycles. The summed E-state index contributed by atoms with van der Waals surface area (Å²) in [5.41, 5.74) is 0.125. The van der Waals surface area contributed by atoms with Gasteiger partial charge in [-0.1, -0.05) is 19.3 Å². The van der Waals surface area contributed by atoms with Crippen molar-refractivity contribution in [3.8, 4) is 0 Å². The number of aromatic nitrogens is 3. The molecule has 7 nitrogen and oxygen atoms in total. The highest BCUT2D eigenvalue weighted by Gasteiger charge is 2.28. The van der Waals surface area contributed by atoms with E-state index in [0.717, 1.165) is 24.2 Å². The SMILES string of the molecule is Cc1nnc(CN=C(NCC(C)(C)N2CCCCC2)NC2CCCC2)n1C.I. The number of likely N-dealkylation sites (tertiary alicyclic amines) is 1. The molecule has 2 aliphatic rings. The second-order valence-electron chi connectivity index (χ2n) is 8.73. The van der Waals surface area contributed by atoms with Crippen LogP contribution in [0.5, 0.6) is 0 Å². The van der Waals surface area contributed by atoms with E-state index in [4.69, 9.17) is 4.99 Å². The number of aliphatic imine (C=N–C) groups is 1. The lowest BCUT2D eigenvalue weighted by Crippen LogP contribution is -2.55. The van der Waals surface area contributed by atoms with E-state index < -0.39 is 0 Å². The van der Waals surface area contributed by atoms with E-state index >= 15 is 0 Å². The molecule has 2 N–H and O–H groups in total. The number of nitrogens with one attached hydrogen (secondary N) is 2. The van der Waals surface area contributed by atoms with Gasteiger partial charge in [-0.25, -0.2) is 4.99 Å². The van der Waals surface area contributed by atoms with Gasteiger partial charge in [-0.05, 0) is 59.5 Å². The van der Waals surface area contributed by atoms with E-state index in [1.807, 2.05) is 18.5 Å². The first-order chi connectivity index (χ1) is 13.0. The van der Waals surface area contributed by atoms with E-state index in [1.165, 1.54) is 58.0 Å². The van der Waals surface area contributed by atoms with Gasteiger partial charge in [0.1, 0.15) is 12.4 Å². The number of piperidine rings is 1. The maximum absolute atomic E-state index is 4.83. The predicted octanol–water partition coefficient (Wildman–Crippen LogP) is 2.98. The van der Waals surface area contributed by atoms with Crippen LogP contribution in [0, 0.1) is 6.92 Å². The van der Waals surface area contributed by atoms with Gasteiger partial charge in [-0.15, -0.1) is 34.2 Å². The van der Waals surface area contributed by atoms with Crippen LogP contribution in [0.2, 0.25) is 0 Å². The lowest BCUT2D eigenvalue weighted by Gasteiger charge is -2.41. The number of halogens is 1. The first-order valence-electron chi connectivity index (χ1n) is 10.6. The van der Waals surface area contributed by atoms with Gasteiger partial charge in [0.2, 0.25) is 0 Å². The molecule has 0 spiro atoms. The molecule has 1 aromatic rings. The molecule has 1 saturated carbocycles. The third-order valence-electron chi connectivity index (χ3n) is 6.16. The van der Waals surface area contributed by atoms with Crippen molar-refractivity contribution in [1.29, 1.82) is 0 Å². The molecule has 0 atom stereocenters. The number of aryl methyl sites for hydroxylation is 1. The highest BCUT2D eigenvalue weighted by molar-refractivity contribution is 14.0. The quantitative estimate of drug-likeness (QED) is 0.355. The van der Waals surface area contributed by atoms with E-state index in [-0.39, 0.29) is 29.5 Å². The number of nitrogens with zero attached hydrogens (tertiary/aromatic N) is 5. The topological polar surface area (TPSA) is 70.4 Å². The summed E-state index contributed by atoms with van der Waals surface area (Å²) >= 11 is 0. The Kier molecular flexibility index (Phi) is 8.98. The zero-order valence-corrected chi connectivity index (χ0v) is 20.3. The Morgan fingerprint density at radius 2 is 1.79 bits per heavy atom. The zero-order chi connectivity index (χ0) is 19.3. The molecule has 1 saturated heterocycles. The maximum atomic E-state index is 4.83. The maximum Gasteiger partial charge on any atom is 0.191 e. The molecular weight excluding hydrogens is 465 g/mol. The Labute approximate surface area is 187 Å². The van der Waals surface area contributed by atoms with Crippen LogP contribution in [0.25, 0.3) is 0 Å². The number of hydrogen-bond donors (Lipinski definition) is 2. The molecule has 0 aromatic carbocycles. The van der Waals surface area contributed by atoms with Gasteiger partial charge in [0.25, 0.3) is 0 Å². The van der Waals surface area contributed by atoms with Crippen LogP contribution in [0.4, 0.5) is 0 Å². The molecule has 3 rings (SSSR count). The first kappa shape index (κ1) is 23.4. The lowest BCUT2D eigenvalue weighted by molar-refractivity contribution is 0.0982. The molecule has 8 heteroatoms. The third kappa shape index (κ3) is 6.30. The zero-order valence-electron chi connectivity index (χ0n) is 18.0. The second-order valence-corrected chi connectivity index (χ2v) is 8.73. The number of hydrogen-bond acceptors (Lipinski definition) is 4. The summed E-state index contributed by atoms with van der Waals surface area (Å²) in [5, 5.41) is 15.7. The van der Waals surface area contributed by atoms with Gasteiger partial charge in [0.05, 0.1) is 0 Å². The molecule has 0 unspecified atom stereocenters. The normalized spacial score (nSPS) is 19.5. The molecule has 1 aliphatic heterocycles. The molecule has 1 aromatic heterocycles. The minimum Gasteiger partial charge on any atom is -0.355 e. The average molecular weight is 503 g/mol. The third-order valence-corrected chi connectivity index (χ3v) is 6.16. The Morgan fingerprint density at radius 1 is 1.11 bits per heavy atom. The highest BCUT2D eigenvalue weighted by atomic mass is 127. The fraction of sp³-hybridized carbons (Fsp3) is 0.850. The van der Waals surface area contributed by atoms with Crippen LogP contribution in [-0.4, -0.2) is 56.8 Å². The molecular formula is C20H38IN7. The van der Waals surface area contributed by atoms with Gasteiger partial charge >= 0.3 is 0 Å². The van der Waals surface area contributed by atoms with Gasteiger partial charge in [0.15, 0.2) is 11.8 Å². The molecule has 160 valence electrons. The van der Waals surface area contributed by atoms with Crippen molar-refractivity contribution in [3.63, 3.8) is 0 Å². The van der Waals surface area contributed by atoms with Crippen LogP contribution in [0.15, 0.2) is 4.99 Å². The van der Waals surface area contributed by atoms with E-state index in [0.29, 0.717) is 12.6 Å². The van der Waals surface area contributed by atoms with Crippen molar-refractivity contribution >= 4 is 29.9 Å². The minimum atomic E-state index is 0. The number of rotatable bonds is 6. The molecule has 0 bridgehead atoms. The summed E-state index contributed by atoms with van der Waals surface area (Å²) in [6.45, 7) is 10.5. The smallest absolute Gasteiger partial charge is 0.191 e.